The van der Waals surface area contributed by atoms with E-state index in [-0.39, 0.29) is 24.9 Å². The van der Waals surface area contributed by atoms with Crippen LogP contribution in [0.25, 0.3) is 0 Å². The highest BCUT2D eigenvalue weighted by Gasteiger charge is 2.34. The van der Waals surface area contributed by atoms with Gasteiger partial charge in [-0.3, -0.25) is 14.5 Å². The first-order valence-corrected chi connectivity index (χ1v) is 10.4. The van der Waals surface area contributed by atoms with Crippen LogP contribution in [0.15, 0.2) is 0 Å². The number of carbonyl (C=O) groups is 2. The molecule has 3 aliphatic heterocycles. The zero-order valence-corrected chi connectivity index (χ0v) is 16.3. The van der Waals surface area contributed by atoms with Gasteiger partial charge in [-0.05, 0) is 45.2 Å². The minimum atomic E-state index is -0.956. The van der Waals surface area contributed by atoms with Crippen LogP contribution < -0.4 is 5.32 Å². The second-order valence-corrected chi connectivity index (χ2v) is 8.21. The number of nitrogens with zero attached hydrogens (tertiary/aromatic N) is 2. The Labute approximate surface area is 165 Å². The molecule has 160 valence electrons. The minimum Gasteiger partial charge on any atom is -0.480 e. The summed E-state index contributed by atoms with van der Waals surface area (Å²) in [6.07, 6.45) is 1.68. The van der Waals surface area contributed by atoms with Crippen molar-refractivity contribution in [3.63, 3.8) is 0 Å². The van der Waals surface area contributed by atoms with E-state index < -0.39 is 24.3 Å². The lowest BCUT2D eigenvalue weighted by Gasteiger charge is -2.41. The zero-order chi connectivity index (χ0) is 20.1. The van der Waals surface area contributed by atoms with Crippen LogP contribution in [0.2, 0.25) is 0 Å². The quantitative estimate of drug-likeness (QED) is 0.443. The summed E-state index contributed by atoms with van der Waals surface area (Å²) in [6, 6.07) is 0.473. The molecular weight excluding hydrogens is 366 g/mol. The molecule has 28 heavy (non-hydrogen) atoms. The van der Waals surface area contributed by atoms with E-state index in [1.165, 1.54) is 0 Å². The molecular formula is C19H33N3O6. The molecule has 9 nitrogen and oxygen atoms in total. The number of piperidine rings is 2. The Hall–Kier alpha value is -1.26. The maximum atomic E-state index is 12.5. The molecule has 0 aromatic carbocycles. The summed E-state index contributed by atoms with van der Waals surface area (Å²) >= 11 is 0. The summed E-state index contributed by atoms with van der Waals surface area (Å²) < 4.78 is 5.45. The molecule has 3 aliphatic rings. The minimum absolute atomic E-state index is 0.00760. The lowest BCUT2D eigenvalue weighted by atomic mass is 9.92. The van der Waals surface area contributed by atoms with Gasteiger partial charge in [0.25, 0.3) is 0 Å². The predicted molar refractivity (Wildman–Crippen MR) is 101 cm³/mol. The van der Waals surface area contributed by atoms with Crippen molar-refractivity contribution in [1.29, 1.82) is 0 Å². The van der Waals surface area contributed by atoms with Crippen LogP contribution in [0.5, 0.6) is 0 Å². The van der Waals surface area contributed by atoms with Crippen molar-refractivity contribution >= 4 is 11.9 Å². The number of aliphatic carboxylic acids is 1. The molecule has 3 rings (SSSR count). The standard InChI is InChI=1S/C19H33N3O6/c23-15-5-10-28-16(18(15)26)11-20-19(27)13-1-8-22(9-2-13)14-3-6-21(7-4-14)12-17(24)25/h13-16,18,23,26H,1-12H2,(H,20,27)(H,24,25). The SMILES string of the molecule is O=C(O)CN1CCC(N2CCC(C(=O)NCC3OCCC(O)C3O)CC2)CC1. The number of carboxylic acids is 1. The number of rotatable bonds is 6. The second kappa shape index (κ2) is 9.98. The molecule has 0 spiro atoms. The Morgan fingerprint density at radius 2 is 1.68 bits per heavy atom. The van der Waals surface area contributed by atoms with E-state index in [1.54, 1.807) is 0 Å². The summed E-state index contributed by atoms with van der Waals surface area (Å²) in [6.45, 7) is 4.11. The maximum Gasteiger partial charge on any atom is 0.317 e. The van der Waals surface area contributed by atoms with Gasteiger partial charge in [-0.15, -0.1) is 0 Å². The zero-order valence-electron chi connectivity index (χ0n) is 16.3. The number of carboxylic acid groups (broad SMARTS) is 1. The number of carbonyl (C=O) groups excluding carboxylic acids is 1. The highest BCUT2D eigenvalue weighted by Crippen LogP contribution is 2.24. The van der Waals surface area contributed by atoms with Crippen molar-refractivity contribution < 1.29 is 29.6 Å². The summed E-state index contributed by atoms with van der Waals surface area (Å²) in [4.78, 5) is 27.7. The van der Waals surface area contributed by atoms with E-state index in [1.807, 2.05) is 4.90 Å². The molecule has 0 aromatic heterocycles. The van der Waals surface area contributed by atoms with Crippen LogP contribution in [-0.4, -0.2) is 107 Å². The average Bonchev–Trinajstić information content (AvgIpc) is 2.69. The Morgan fingerprint density at radius 1 is 1.00 bits per heavy atom. The van der Waals surface area contributed by atoms with Gasteiger partial charge < -0.3 is 30.3 Å². The summed E-state index contributed by atoms with van der Waals surface area (Å²) in [5.41, 5.74) is 0. The van der Waals surface area contributed by atoms with E-state index in [4.69, 9.17) is 9.84 Å². The molecule has 0 bridgehead atoms. The molecule has 9 heteroatoms. The molecule has 3 unspecified atom stereocenters. The number of ether oxygens (including phenoxy) is 1. The molecule has 3 atom stereocenters. The fourth-order valence-corrected chi connectivity index (χ4v) is 4.54. The first-order valence-electron chi connectivity index (χ1n) is 10.4. The molecule has 3 heterocycles. The van der Waals surface area contributed by atoms with Crippen molar-refractivity contribution in [2.24, 2.45) is 5.92 Å². The summed E-state index contributed by atoms with van der Waals surface area (Å²) in [5.74, 6) is -0.813. The van der Waals surface area contributed by atoms with Gasteiger partial charge in [-0.25, -0.2) is 0 Å². The number of amides is 1. The van der Waals surface area contributed by atoms with E-state index in [0.717, 1.165) is 51.9 Å². The first kappa shape index (κ1) is 21.4. The molecule has 4 N–H and O–H groups in total. The van der Waals surface area contributed by atoms with Crippen molar-refractivity contribution in [1.82, 2.24) is 15.1 Å². The molecule has 3 saturated heterocycles. The van der Waals surface area contributed by atoms with Crippen LogP contribution in [-0.2, 0) is 14.3 Å². The van der Waals surface area contributed by atoms with Crippen LogP contribution in [0.1, 0.15) is 32.1 Å². The van der Waals surface area contributed by atoms with Crippen molar-refractivity contribution in [2.45, 2.75) is 56.5 Å². The van der Waals surface area contributed by atoms with Gasteiger partial charge in [0.1, 0.15) is 12.2 Å². The predicted octanol–water partition coefficient (Wildman–Crippen LogP) is -1.13. The maximum absolute atomic E-state index is 12.5. The topological polar surface area (TPSA) is 123 Å². The third kappa shape index (κ3) is 5.64. The average molecular weight is 399 g/mol. The molecule has 0 radical (unpaired) electrons. The van der Waals surface area contributed by atoms with Gasteiger partial charge in [0, 0.05) is 38.2 Å². The largest absolute Gasteiger partial charge is 0.480 e. The molecule has 0 aromatic rings. The number of aliphatic hydroxyl groups is 2. The van der Waals surface area contributed by atoms with Gasteiger partial charge >= 0.3 is 5.97 Å². The van der Waals surface area contributed by atoms with Crippen LogP contribution >= 0.6 is 0 Å². The van der Waals surface area contributed by atoms with Crippen LogP contribution in [0, 0.1) is 5.92 Å². The number of nitrogens with one attached hydrogen (secondary N) is 1. The highest BCUT2D eigenvalue weighted by molar-refractivity contribution is 5.78. The number of likely N-dealkylation sites (tertiary alicyclic amines) is 2. The number of hydrogen-bond donors (Lipinski definition) is 4. The lowest BCUT2D eigenvalue weighted by molar-refractivity contribution is -0.140. The van der Waals surface area contributed by atoms with Crippen molar-refractivity contribution in [3.05, 3.63) is 0 Å². The Balaban J connectivity index is 1.36. The van der Waals surface area contributed by atoms with Gasteiger partial charge in [0.05, 0.1) is 12.6 Å². The highest BCUT2D eigenvalue weighted by atomic mass is 16.5. The Bertz CT molecular complexity index is 532. The third-order valence-corrected chi connectivity index (χ3v) is 6.33. The third-order valence-electron chi connectivity index (χ3n) is 6.33. The summed E-state index contributed by atoms with van der Waals surface area (Å²) in [7, 11) is 0. The lowest BCUT2D eigenvalue weighted by Crippen LogP contribution is -2.52. The smallest absolute Gasteiger partial charge is 0.317 e. The van der Waals surface area contributed by atoms with Crippen LogP contribution in [0.4, 0.5) is 0 Å². The normalized spacial score (nSPS) is 31.6. The van der Waals surface area contributed by atoms with E-state index in [2.05, 4.69) is 10.2 Å². The van der Waals surface area contributed by atoms with Gasteiger partial charge in [-0.2, -0.15) is 0 Å². The van der Waals surface area contributed by atoms with E-state index in [9.17, 15) is 19.8 Å². The second-order valence-electron chi connectivity index (χ2n) is 8.21. The van der Waals surface area contributed by atoms with Gasteiger partial charge in [-0.1, -0.05) is 0 Å². The van der Waals surface area contributed by atoms with Crippen LogP contribution in [0.3, 0.4) is 0 Å². The molecule has 3 fully saturated rings. The summed E-state index contributed by atoms with van der Waals surface area (Å²) in [5, 5.41) is 31.4. The monoisotopic (exact) mass is 399 g/mol. The fourth-order valence-electron chi connectivity index (χ4n) is 4.54. The Kier molecular flexibility index (Phi) is 7.64. The molecule has 1 amide bonds. The molecule has 0 saturated carbocycles. The van der Waals surface area contributed by atoms with E-state index >= 15 is 0 Å². The van der Waals surface area contributed by atoms with Gasteiger partial charge in [0.2, 0.25) is 5.91 Å². The van der Waals surface area contributed by atoms with Crippen molar-refractivity contribution in [3.8, 4) is 0 Å². The number of hydrogen-bond acceptors (Lipinski definition) is 7. The fraction of sp³-hybridized carbons (Fsp3) is 0.895. The van der Waals surface area contributed by atoms with Crippen molar-refractivity contribution in [2.75, 3.05) is 45.9 Å². The van der Waals surface area contributed by atoms with E-state index in [0.29, 0.717) is 19.1 Å². The molecule has 0 aliphatic carbocycles. The number of aliphatic hydroxyl groups excluding tert-OH is 2. The first-order chi connectivity index (χ1) is 13.4. The van der Waals surface area contributed by atoms with Gasteiger partial charge in [0.15, 0.2) is 0 Å². The Morgan fingerprint density at radius 3 is 2.32 bits per heavy atom.